The van der Waals surface area contributed by atoms with E-state index in [1.807, 2.05) is 0 Å². The van der Waals surface area contributed by atoms with E-state index in [1.165, 1.54) is 26.0 Å². The molecule has 3 amide bonds. The summed E-state index contributed by atoms with van der Waals surface area (Å²) in [5.74, 6) is -1.67. The van der Waals surface area contributed by atoms with Crippen molar-refractivity contribution in [1.29, 1.82) is 0 Å². The van der Waals surface area contributed by atoms with Crippen LogP contribution >= 0.6 is 0 Å². The van der Waals surface area contributed by atoms with Gasteiger partial charge < -0.3 is 16.0 Å². The zero-order valence-electron chi connectivity index (χ0n) is 12.5. The minimum Gasteiger partial charge on any atom is -0.347 e. The van der Waals surface area contributed by atoms with E-state index in [0.29, 0.717) is 0 Å². The Labute approximate surface area is 130 Å². The Morgan fingerprint density at radius 2 is 1.65 bits per heavy atom. The third-order valence-electron chi connectivity index (χ3n) is 2.77. The third kappa shape index (κ3) is 6.37. The van der Waals surface area contributed by atoms with Gasteiger partial charge in [-0.15, -0.1) is 0 Å². The highest BCUT2D eigenvalue weighted by molar-refractivity contribution is 5.95. The van der Waals surface area contributed by atoms with Gasteiger partial charge >= 0.3 is 6.18 Å². The van der Waals surface area contributed by atoms with Crippen LogP contribution < -0.4 is 16.0 Å². The summed E-state index contributed by atoms with van der Waals surface area (Å²) in [6.07, 6.45) is -4.52. The van der Waals surface area contributed by atoms with Crippen molar-refractivity contribution in [3.05, 3.63) is 29.3 Å². The van der Waals surface area contributed by atoms with Crippen molar-refractivity contribution in [2.24, 2.45) is 0 Å². The molecule has 3 N–H and O–H groups in total. The van der Waals surface area contributed by atoms with Gasteiger partial charge in [-0.3, -0.25) is 14.4 Å². The summed E-state index contributed by atoms with van der Waals surface area (Å²) in [4.78, 5) is 33.5. The highest BCUT2D eigenvalue weighted by atomic mass is 19.4. The lowest BCUT2D eigenvalue weighted by molar-refractivity contribution is -0.138. The molecule has 0 aliphatic rings. The van der Waals surface area contributed by atoms with Gasteiger partial charge in [0.1, 0.15) is 0 Å². The number of anilines is 1. The molecule has 0 atom stereocenters. The molecular weight excluding hydrogens is 315 g/mol. The number of hydrogen-bond donors (Lipinski definition) is 3. The lowest BCUT2D eigenvalue weighted by atomic mass is 10.1. The molecule has 0 heterocycles. The second-order valence-electron chi connectivity index (χ2n) is 4.76. The molecule has 0 aromatic heterocycles. The summed E-state index contributed by atoms with van der Waals surface area (Å²) < 4.78 is 38.3. The topological polar surface area (TPSA) is 87.3 Å². The minimum absolute atomic E-state index is 0.0240. The first kappa shape index (κ1) is 18.5. The number of benzene rings is 1. The van der Waals surface area contributed by atoms with Crippen molar-refractivity contribution >= 4 is 23.4 Å². The summed E-state index contributed by atoms with van der Waals surface area (Å²) in [5.41, 5.74) is -0.826. The average Bonchev–Trinajstić information content (AvgIpc) is 2.43. The van der Waals surface area contributed by atoms with Crippen LogP contribution in [0.5, 0.6) is 0 Å². The van der Waals surface area contributed by atoms with E-state index in [2.05, 4.69) is 16.0 Å². The van der Waals surface area contributed by atoms with Crippen molar-refractivity contribution in [2.45, 2.75) is 20.0 Å². The summed E-state index contributed by atoms with van der Waals surface area (Å²) in [5, 5.41) is 6.73. The molecule has 126 valence electrons. The number of aryl methyl sites for hydroxylation is 1. The predicted molar refractivity (Wildman–Crippen MR) is 76.5 cm³/mol. The number of halogens is 3. The molecule has 0 bridgehead atoms. The first-order valence-electron chi connectivity index (χ1n) is 6.58. The van der Waals surface area contributed by atoms with Crippen LogP contribution in [0.25, 0.3) is 0 Å². The number of nitrogens with one attached hydrogen (secondary N) is 3. The summed E-state index contributed by atoms with van der Waals surface area (Å²) in [6.45, 7) is 1.84. The third-order valence-corrected chi connectivity index (χ3v) is 2.77. The molecule has 0 saturated carbocycles. The van der Waals surface area contributed by atoms with E-state index < -0.39 is 36.0 Å². The fraction of sp³-hybridized carbons (Fsp3) is 0.357. The van der Waals surface area contributed by atoms with Gasteiger partial charge in [-0.2, -0.15) is 13.2 Å². The van der Waals surface area contributed by atoms with Crippen molar-refractivity contribution in [1.82, 2.24) is 10.6 Å². The van der Waals surface area contributed by atoms with Gasteiger partial charge in [-0.1, -0.05) is 6.07 Å². The van der Waals surface area contributed by atoms with Crippen LogP contribution in [0.4, 0.5) is 18.9 Å². The van der Waals surface area contributed by atoms with Gasteiger partial charge in [0.25, 0.3) is 0 Å². The van der Waals surface area contributed by atoms with E-state index in [0.717, 1.165) is 6.07 Å². The molecule has 0 aliphatic carbocycles. The number of carbonyl (C=O) groups is 3. The fourth-order valence-electron chi connectivity index (χ4n) is 1.66. The van der Waals surface area contributed by atoms with Crippen molar-refractivity contribution in [3.8, 4) is 0 Å². The molecule has 0 saturated heterocycles. The van der Waals surface area contributed by atoms with Crippen LogP contribution in [-0.4, -0.2) is 30.8 Å². The van der Waals surface area contributed by atoms with Gasteiger partial charge in [0.05, 0.1) is 18.7 Å². The number of rotatable bonds is 5. The van der Waals surface area contributed by atoms with Crippen molar-refractivity contribution in [3.63, 3.8) is 0 Å². The zero-order valence-corrected chi connectivity index (χ0v) is 12.5. The van der Waals surface area contributed by atoms with Gasteiger partial charge in [0.15, 0.2) is 0 Å². The quantitative estimate of drug-likeness (QED) is 0.758. The van der Waals surface area contributed by atoms with E-state index in [-0.39, 0.29) is 17.8 Å². The molecule has 0 unspecified atom stereocenters. The zero-order chi connectivity index (χ0) is 17.6. The van der Waals surface area contributed by atoms with Gasteiger partial charge in [0, 0.05) is 12.6 Å². The molecule has 1 aromatic carbocycles. The van der Waals surface area contributed by atoms with Crippen molar-refractivity contribution < 1.29 is 27.6 Å². The molecule has 6 nitrogen and oxygen atoms in total. The number of hydrogen-bond acceptors (Lipinski definition) is 3. The lowest BCUT2D eigenvalue weighted by Gasteiger charge is -2.13. The van der Waals surface area contributed by atoms with Crippen LogP contribution in [0.15, 0.2) is 18.2 Å². The lowest BCUT2D eigenvalue weighted by Crippen LogP contribution is -2.39. The van der Waals surface area contributed by atoms with Gasteiger partial charge in [0.2, 0.25) is 17.7 Å². The molecule has 9 heteroatoms. The Balaban J connectivity index is 2.58. The Bertz CT molecular complexity index is 615. The summed E-state index contributed by atoms with van der Waals surface area (Å²) in [7, 11) is 0. The van der Waals surface area contributed by atoms with Crippen LogP contribution in [0.2, 0.25) is 0 Å². The average molecular weight is 331 g/mol. The fourth-order valence-corrected chi connectivity index (χ4v) is 1.66. The van der Waals surface area contributed by atoms with E-state index in [9.17, 15) is 27.6 Å². The maximum Gasteiger partial charge on any atom is 0.416 e. The van der Waals surface area contributed by atoms with Crippen molar-refractivity contribution in [2.75, 3.05) is 18.4 Å². The summed E-state index contributed by atoms with van der Waals surface area (Å²) >= 11 is 0. The molecule has 0 radical (unpaired) electrons. The predicted octanol–water partition coefficient (Wildman–Crippen LogP) is 1.20. The van der Waals surface area contributed by atoms with E-state index in [1.54, 1.807) is 0 Å². The number of amides is 3. The molecule has 23 heavy (non-hydrogen) atoms. The highest BCUT2D eigenvalue weighted by Gasteiger charge is 2.32. The van der Waals surface area contributed by atoms with E-state index in [4.69, 9.17) is 0 Å². The molecule has 1 rings (SSSR count). The highest BCUT2D eigenvalue weighted by Crippen LogP contribution is 2.33. The number of alkyl halides is 3. The minimum atomic E-state index is -4.52. The smallest absolute Gasteiger partial charge is 0.347 e. The Morgan fingerprint density at radius 1 is 1.04 bits per heavy atom. The van der Waals surface area contributed by atoms with Crippen LogP contribution in [0.1, 0.15) is 18.1 Å². The van der Waals surface area contributed by atoms with Crippen LogP contribution in [-0.2, 0) is 20.6 Å². The first-order valence-corrected chi connectivity index (χ1v) is 6.58. The second kappa shape index (κ2) is 7.61. The Hall–Kier alpha value is -2.58. The Morgan fingerprint density at radius 3 is 2.22 bits per heavy atom. The summed E-state index contributed by atoms with van der Waals surface area (Å²) in [6, 6.07) is 3.40. The Kier molecular flexibility index (Phi) is 6.11. The first-order chi connectivity index (χ1) is 10.6. The monoisotopic (exact) mass is 331 g/mol. The molecule has 0 aliphatic heterocycles. The maximum atomic E-state index is 12.8. The molecule has 0 spiro atoms. The van der Waals surface area contributed by atoms with Crippen LogP contribution in [0, 0.1) is 6.92 Å². The molecule has 0 fully saturated rings. The van der Waals surface area contributed by atoms with Gasteiger partial charge in [-0.05, 0) is 24.6 Å². The molecular formula is C14H16F3N3O3. The normalized spacial score (nSPS) is 10.8. The molecule has 1 aromatic rings. The maximum absolute atomic E-state index is 12.8. The van der Waals surface area contributed by atoms with E-state index >= 15 is 0 Å². The largest absolute Gasteiger partial charge is 0.416 e. The van der Waals surface area contributed by atoms with Crippen LogP contribution in [0.3, 0.4) is 0 Å². The number of carbonyl (C=O) groups excluding carboxylic acids is 3. The van der Waals surface area contributed by atoms with Gasteiger partial charge in [-0.25, -0.2) is 0 Å². The standard InChI is InChI=1S/C14H16F3N3O3/c1-8-3-4-10(5-11(8)14(15,16)17)20-13(23)7-19-12(22)6-18-9(2)21/h3-5H,6-7H2,1-2H3,(H,18,21)(H,19,22)(H,20,23). The second-order valence-corrected chi connectivity index (χ2v) is 4.76. The SMILES string of the molecule is CC(=O)NCC(=O)NCC(=O)Nc1ccc(C)c(C(F)(F)F)c1.